The zero-order chi connectivity index (χ0) is 21.4. The molecular formula is C18H14F3N7O2. The van der Waals surface area contributed by atoms with Gasteiger partial charge >= 0.3 is 0 Å². The van der Waals surface area contributed by atoms with Crippen molar-refractivity contribution in [1.29, 1.82) is 0 Å². The number of amides is 2. The molecule has 0 aliphatic rings. The molecule has 2 amide bonds. The monoisotopic (exact) mass is 417 g/mol. The molecule has 30 heavy (non-hydrogen) atoms. The number of H-pyrrole nitrogens is 1. The van der Waals surface area contributed by atoms with Crippen molar-refractivity contribution in [3.63, 3.8) is 0 Å². The lowest BCUT2D eigenvalue weighted by Gasteiger charge is -2.19. The molecule has 3 aromatic heterocycles. The van der Waals surface area contributed by atoms with E-state index in [-0.39, 0.29) is 33.5 Å². The molecule has 3 heterocycles. The van der Waals surface area contributed by atoms with Gasteiger partial charge in [0, 0.05) is 22.7 Å². The molecule has 0 fully saturated rings. The van der Waals surface area contributed by atoms with Crippen molar-refractivity contribution >= 4 is 35.2 Å². The average Bonchev–Trinajstić information content (AvgIpc) is 3.32. The fourth-order valence-corrected chi connectivity index (χ4v) is 3.42. The van der Waals surface area contributed by atoms with Crippen LogP contribution in [0.15, 0.2) is 24.8 Å². The van der Waals surface area contributed by atoms with Crippen molar-refractivity contribution in [3.8, 4) is 11.3 Å². The second-order valence-electron chi connectivity index (χ2n) is 6.41. The molecule has 0 saturated heterocycles. The van der Waals surface area contributed by atoms with Crippen molar-refractivity contribution in [3.05, 3.63) is 41.7 Å². The van der Waals surface area contributed by atoms with Crippen molar-refractivity contribution < 1.29 is 22.8 Å². The van der Waals surface area contributed by atoms with E-state index in [1.807, 2.05) is 0 Å². The van der Waals surface area contributed by atoms with Crippen LogP contribution in [0.2, 0.25) is 0 Å². The highest BCUT2D eigenvalue weighted by Crippen LogP contribution is 2.41. The Kier molecular flexibility index (Phi) is 4.82. The van der Waals surface area contributed by atoms with E-state index in [0.29, 0.717) is 18.5 Å². The van der Waals surface area contributed by atoms with E-state index < -0.39 is 23.8 Å². The van der Waals surface area contributed by atoms with Gasteiger partial charge in [0.15, 0.2) is 11.5 Å². The number of anilines is 1. The van der Waals surface area contributed by atoms with Crippen LogP contribution in [0.3, 0.4) is 0 Å². The molecule has 1 unspecified atom stereocenters. The number of imidazole rings is 1. The number of carbonyl (C=O) groups is 2. The molecule has 154 valence electrons. The van der Waals surface area contributed by atoms with Gasteiger partial charge in [0.2, 0.25) is 12.8 Å². The van der Waals surface area contributed by atoms with Crippen LogP contribution >= 0.6 is 0 Å². The number of hydrogen-bond donors (Lipinski definition) is 3. The third-order valence-corrected chi connectivity index (χ3v) is 4.69. The SMILES string of the molecule is CC(NC=O)c1c(F)c(C(F)F)c(-c2cn3cc(NC=O)nc3cn2)c2cn[nH]c12. The van der Waals surface area contributed by atoms with Crippen molar-refractivity contribution in [2.75, 3.05) is 5.32 Å². The summed E-state index contributed by atoms with van der Waals surface area (Å²) >= 11 is 0. The van der Waals surface area contributed by atoms with E-state index in [9.17, 15) is 18.4 Å². The quantitative estimate of drug-likeness (QED) is 0.400. The summed E-state index contributed by atoms with van der Waals surface area (Å²) in [5.74, 6) is -0.920. The minimum atomic E-state index is -3.16. The van der Waals surface area contributed by atoms with Crippen molar-refractivity contribution in [1.82, 2.24) is 29.9 Å². The first-order chi connectivity index (χ1) is 14.5. The van der Waals surface area contributed by atoms with Gasteiger partial charge in [-0.05, 0) is 6.92 Å². The number of carbonyl (C=O) groups excluding carboxylic acids is 2. The number of alkyl halides is 2. The molecule has 4 rings (SSSR count). The average molecular weight is 417 g/mol. The van der Waals surface area contributed by atoms with Crippen LogP contribution in [0.25, 0.3) is 27.8 Å². The van der Waals surface area contributed by atoms with E-state index in [2.05, 4.69) is 30.8 Å². The summed E-state index contributed by atoms with van der Waals surface area (Å²) in [7, 11) is 0. The minimum Gasteiger partial charge on any atom is -0.352 e. The largest absolute Gasteiger partial charge is 0.352 e. The van der Waals surface area contributed by atoms with Gasteiger partial charge in [0.05, 0.1) is 41.4 Å². The number of benzene rings is 1. The molecule has 12 heteroatoms. The molecule has 0 spiro atoms. The van der Waals surface area contributed by atoms with E-state index >= 15 is 4.39 Å². The molecule has 0 bridgehead atoms. The van der Waals surface area contributed by atoms with Crippen LogP contribution in [0, 0.1) is 5.82 Å². The lowest BCUT2D eigenvalue weighted by molar-refractivity contribution is -0.110. The van der Waals surface area contributed by atoms with Gasteiger partial charge in [-0.25, -0.2) is 18.2 Å². The summed E-state index contributed by atoms with van der Waals surface area (Å²) < 4.78 is 44.8. The fourth-order valence-electron chi connectivity index (χ4n) is 3.42. The first kappa shape index (κ1) is 19.4. The number of aromatic amines is 1. The maximum Gasteiger partial charge on any atom is 0.267 e. The maximum atomic E-state index is 15.3. The Labute approximate surface area is 166 Å². The van der Waals surface area contributed by atoms with Crippen LogP contribution in [0.5, 0.6) is 0 Å². The number of aromatic nitrogens is 5. The van der Waals surface area contributed by atoms with Crippen LogP contribution in [0.1, 0.15) is 30.5 Å². The van der Waals surface area contributed by atoms with Gasteiger partial charge in [0.25, 0.3) is 6.43 Å². The van der Waals surface area contributed by atoms with E-state index in [1.165, 1.54) is 36.1 Å². The summed E-state index contributed by atoms with van der Waals surface area (Å²) in [6, 6.07) is -0.877. The molecular weight excluding hydrogens is 403 g/mol. The topological polar surface area (TPSA) is 117 Å². The van der Waals surface area contributed by atoms with Crippen molar-refractivity contribution in [2.24, 2.45) is 0 Å². The molecule has 0 aliphatic carbocycles. The molecule has 4 aromatic rings. The van der Waals surface area contributed by atoms with Crippen LogP contribution < -0.4 is 10.6 Å². The minimum absolute atomic E-state index is 0.0562. The lowest BCUT2D eigenvalue weighted by Crippen LogP contribution is -2.19. The second kappa shape index (κ2) is 7.46. The van der Waals surface area contributed by atoms with Crippen LogP contribution in [-0.4, -0.2) is 37.4 Å². The number of halogens is 3. The standard InChI is InChI=1S/C18H14F3N7O2/c1-8(23-6-29)13-16(19)15(18(20)21)14(9-2-25-27-17(9)13)10-4-28-5-11(24-7-30)26-12(28)3-22-10/h2-8,18H,1H3,(H,23,29)(H,24,30)(H,25,27). The Morgan fingerprint density at radius 3 is 2.67 bits per heavy atom. The normalized spacial score (nSPS) is 12.4. The zero-order valence-corrected chi connectivity index (χ0v) is 15.4. The highest BCUT2D eigenvalue weighted by Gasteiger charge is 2.30. The Hall–Kier alpha value is -3.96. The summed E-state index contributed by atoms with van der Waals surface area (Å²) in [6.45, 7) is 1.47. The molecule has 1 atom stereocenters. The van der Waals surface area contributed by atoms with Crippen LogP contribution in [0.4, 0.5) is 19.0 Å². The number of nitrogens with zero attached hydrogens (tertiary/aromatic N) is 4. The lowest BCUT2D eigenvalue weighted by atomic mass is 9.93. The number of nitrogens with one attached hydrogen (secondary N) is 3. The second-order valence-corrected chi connectivity index (χ2v) is 6.41. The first-order valence-electron chi connectivity index (χ1n) is 8.67. The van der Waals surface area contributed by atoms with E-state index in [4.69, 9.17) is 0 Å². The summed E-state index contributed by atoms with van der Waals surface area (Å²) in [6.07, 6.45) is 3.13. The molecule has 0 saturated carbocycles. The summed E-state index contributed by atoms with van der Waals surface area (Å²) in [5.41, 5.74) is -0.531. The Morgan fingerprint density at radius 2 is 1.97 bits per heavy atom. The first-order valence-corrected chi connectivity index (χ1v) is 8.67. The van der Waals surface area contributed by atoms with Crippen LogP contribution in [-0.2, 0) is 9.59 Å². The molecule has 1 aromatic carbocycles. The predicted octanol–water partition coefficient (Wildman–Crippen LogP) is 2.72. The molecule has 0 radical (unpaired) electrons. The summed E-state index contributed by atoms with van der Waals surface area (Å²) in [5, 5.41) is 11.5. The molecule has 9 nitrogen and oxygen atoms in total. The molecule has 0 aliphatic heterocycles. The number of fused-ring (bicyclic) bond motifs is 2. The Balaban J connectivity index is 2.01. The van der Waals surface area contributed by atoms with Gasteiger partial charge in [0.1, 0.15) is 5.82 Å². The van der Waals surface area contributed by atoms with Gasteiger partial charge in [-0.1, -0.05) is 0 Å². The third-order valence-electron chi connectivity index (χ3n) is 4.69. The van der Waals surface area contributed by atoms with Gasteiger partial charge in [-0.3, -0.25) is 19.7 Å². The Bertz CT molecular complexity index is 1270. The highest BCUT2D eigenvalue weighted by atomic mass is 19.3. The zero-order valence-electron chi connectivity index (χ0n) is 15.4. The third kappa shape index (κ3) is 3.02. The van der Waals surface area contributed by atoms with E-state index in [0.717, 1.165) is 0 Å². The summed E-state index contributed by atoms with van der Waals surface area (Å²) in [4.78, 5) is 29.7. The Morgan fingerprint density at radius 1 is 1.17 bits per heavy atom. The van der Waals surface area contributed by atoms with Gasteiger partial charge in [-0.15, -0.1) is 0 Å². The highest BCUT2D eigenvalue weighted by molar-refractivity contribution is 5.97. The fraction of sp³-hybridized carbons (Fsp3) is 0.167. The van der Waals surface area contributed by atoms with Gasteiger partial charge < -0.3 is 15.0 Å². The predicted molar refractivity (Wildman–Crippen MR) is 100 cm³/mol. The molecule has 3 N–H and O–H groups in total. The van der Waals surface area contributed by atoms with Crippen molar-refractivity contribution in [2.45, 2.75) is 19.4 Å². The smallest absolute Gasteiger partial charge is 0.267 e. The number of hydrogen-bond acceptors (Lipinski definition) is 5. The number of rotatable bonds is 7. The maximum absolute atomic E-state index is 15.3. The van der Waals surface area contributed by atoms with Gasteiger partial charge in [-0.2, -0.15) is 5.10 Å². The van der Waals surface area contributed by atoms with E-state index in [1.54, 1.807) is 0 Å².